The second-order valence-corrected chi connectivity index (χ2v) is 7.39. The minimum Gasteiger partial charge on any atom is -0.493 e. The summed E-state index contributed by atoms with van der Waals surface area (Å²) in [7, 11) is 3.20. The normalized spacial score (nSPS) is 15.8. The number of benzene rings is 1. The van der Waals surface area contributed by atoms with Crippen LogP contribution in [0.15, 0.2) is 16.6 Å². The van der Waals surface area contributed by atoms with Crippen LogP contribution >= 0.6 is 28.3 Å². The van der Waals surface area contributed by atoms with Crippen molar-refractivity contribution >= 4 is 34.2 Å². The van der Waals surface area contributed by atoms with Gasteiger partial charge in [-0.25, -0.2) is 0 Å². The number of halogens is 2. The molecule has 1 aromatic rings. The molecule has 0 heterocycles. The van der Waals surface area contributed by atoms with E-state index in [9.17, 15) is 4.79 Å². The maximum atomic E-state index is 12.4. The van der Waals surface area contributed by atoms with Gasteiger partial charge in [-0.15, -0.1) is 12.4 Å². The van der Waals surface area contributed by atoms with E-state index < -0.39 is 0 Å². The molecule has 1 amide bonds. The Morgan fingerprint density at radius 1 is 1.24 bits per heavy atom. The summed E-state index contributed by atoms with van der Waals surface area (Å²) in [5.41, 5.74) is 6.91. The number of nitrogens with one attached hydrogen (secondary N) is 1. The second kappa shape index (κ2) is 10.2. The van der Waals surface area contributed by atoms with Crippen LogP contribution in [0.5, 0.6) is 11.5 Å². The van der Waals surface area contributed by atoms with E-state index in [0.717, 1.165) is 22.9 Å². The van der Waals surface area contributed by atoms with Crippen molar-refractivity contribution in [1.29, 1.82) is 0 Å². The molecular weight excluding hydrogens is 408 g/mol. The van der Waals surface area contributed by atoms with Crippen LogP contribution in [0.4, 0.5) is 0 Å². The van der Waals surface area contributed by atoms with Crippen molar-refractivity contribution in [3.05, 3.63) is 22.2 Å². The molecule has 25 heavy (non-hydrogen) atoms. The van der Waals surface area contributed by atoms with Crippen molar-refractivity contribution in [1.82, 2.24) is 5.32 Å². The molecular formula is C18H28BrClN2O3. The molecule has 142 valence electrons. The highest BCUT2D eigenvalue weighted by molar-refractivity contribution is 9.10. The Bertz CT molecular complexity index is 578. The highest BCUT2D eigenvalue weighted by Gasteiger charge is 2.32. The molecule has 0 saturated heterocycles. The summed E-state index contributed by atoms with van der Waals surface area (Å²) in [4.78, 5) is 12.4. The molecule has 1 aromatic carbocycles. The summed E-state index contributed by atoms with van der Waals surface area (Å²) in [5.74, 6) is 1.35. The molecule has 1 aliphatic rings. The van der Waals surface area contributed by atoms with Gasteiger partial charge in [0.25, 0.3) is 0 Å². The number of ether oxygens (including phenoxy) is 2. The van der Waals surface area contributed by atoms with Gasteiger partial charge in [0.1, 0.15) is 0 Å². The van der Waals surface area contributed by atoms with Crippen molar-refractivity contribution in [2.75, 3.05) is 20.8 Å². The molecule has 1 fully saturated rings. The Morgan fingerprint density at radius 2 is 1.92 bits per heavy atom. The third kappa shape index (κ3) is 5.76. The van der Waals surface area contributed by atoms with Gasteiger partial charge in [0.2, 0.25) is 5.91 Å². The molecule has 2 rings (SSSR count). The van der Waals surface area contributed by atoms with Crippen LogP contribution in [0.3, 0.4) is 0 Å². The Hall–Kier alpha value is -0.980. The fourth-order valence-corrected chi connectivity index (χ4v) is 4.08. The number of carbonyl (C=O) groups is 1. The lowest BCUT2D eigenvalue weighted by Crippen LogP contribution is -2.38. The van der Waals surface area contributed by atoms with E-state index >= 15 is 0 Å². The average molecular weight is 436 g/mol. The first kappa shape index (κ1) is 22.1. The Morgan fingerprint density at radius 3 is 2.48 bits per heavy atom. The van der Waals surface area contributed by atoms with Gasteiger partial charge in [0.15, 0.2) is 11.5 Å². The van der Waals surface area contributed by atoms with Crippen LogP contribution < -0.4 is 20.5 Å². The first-order valence-electron chi connectivity index (χ1n) is 8.41. The smallest absolute Gasteiger partial charge is 0.220 e. The average Bonchev–Trinajstić information content (AvgIpc) is 2.60. The van der Waals surface area contributed by atoms with Gasteiger partial charge in [-0.1, -0.05) is 19.3 Å². The molecule has 1 saturated carbocycles. The molecule has 0 bridgehead atoms. The fourth-order valence-electron chi connectivity index (χ4n) is 3.43. The number of methoxy groups -OCH3 is 2. The van der Waals surface area contributed by atoms with Crippen LogP contribution in [-0.4, -0.2) is 26.7 Å². The zero-order valence-corrected chi connectivity index (χ0v) is 17.3. The largest absolute Gasteiger partial charge is 0.493 e. The Balaban J connectivity index is 0.00000312. The highest BCUT2D eigenvalue weighted by Crippen LogP contribution is 2.38. The zero-order valence-electron chi connectivity index (χ0n) is 14.9. The zero-order chi connectivity index (χ0) is 17.6. The summed E-state index contributed by atoms with van der Waals surface area (Å²) in [6.45, 7) is 1.04. The van der Waals surface area contributed by atoms with E-state index in [1.54, 1.807) is 14.2 Å². The first-order chi connectivity index (χ1) is 11.5. The number of hydrogen-bond acceptors (Lipinski definition) is 4. The van der Waals surface area contributed by atoms with Crippen LogP contribution in [0.2, 0.25) is 0 Å². The summed E-state index contributed by atoms with van der Waals surface area (Å²) in [6.07, 6.45) is 6.22. The van der Waals surface area contributed by atoms with Gasteiger partial charge in [0, 0.05) is 13.0 Å². The number of carbonyl (C=O) groups excluding carboxylic acids is 1. The number of hydrogen-bond donors (Lipinski definition) is 2. The minimum atomic E-state index is -0.0134. The standard InChI is InChI=1S/C18H27BrN2O3.ClH/c1-23-15-9-13(8-14(19)17(15)24-2)11-21-16(22)10-18(12-20)6-4-3-5-7-18;/h8-9H,3-7,10-12,20H2,1-2H3,(H,21,22);1H. The van der Waals surface area contributed by atoms with Crippen LogP contribution in [0.25, 0.3) is 0 Å². The highest BCUT2D eigenvalue weighted by atomic mass is 79.9. The Kier molecular flexibility index (Phi) is 9.03. The second-order valence-electron chi connectivity index (χ2n) is 6.53. The van der Waals surface area contributed by atoms with Gasteiger partial charge < -0.3 is 20.5 Å². The van der Waals surface area contributed by atoms with E-state index in [-0.39, 0.29) is 23.7 Å². The number of amides is 1. The van der Waals surface area contributed by atoms with E-state index in [1.807, 2.05) is 12.1 Å². The van der Waals surface area contributed by atoms with Gasteiger partial charge in [-0.2, -0.15) is 0 Å². The number of rotatable bonds is 7. The van der Waals surface area contributed by atoms with Crippen LogP contribution in [0.1, 0.15) is 44.1 Å². The molecule has 0 radical (unpaired) electrons. The quantitative estimate of drug-likeness (QED) is 0.683. The number of nitrogens with two attached hydrogens (primary N) is 1. The molecule has 7 heteroatoms. The maximum absolute atomic E-state index is 12.4. The van der Waals surface area contributed by atoms with Gasteiger partial charge in [0.05, 0.1) is 18.7 Å². The van der Waals surface area contributed by atoms with Crippen molar-refractivity contribution < 1.29 is 14.3 Å². The van der Waals surface area contributed by atoms with E-state index in [0.29, 0.717) is 31.0 Å². The summed E-state index contributed by atoms with van der Waals surface area (Å²) >= 11 is 3.47. The lowest BCUT2D eigenvalue weighted by molar-refractivity contribution is -0.124. The predicted molar refractivity (Wildman–Crippen MR) is 106 cm³/mol. The molecule has 1 aliphatic carbocycles. The minimum absolute atomic E-state index is 0. The summed E-state index contributed by atoms with van der Waals surface area (Å²) < 4.78 is 11.4. The molecule has 0 aliphatic heterocycles. The van der Waals surface area contributed by atoms with Gasteiger partial charge in [-0.3, -0.25) is 4.79 Å². The van der Waals surface area contributed by atoms with E-state index in [4.69, 9.17) is 15.2 Å². The molecule has 3 N–H and O–H groups in total. The van der Waals surface area contributed by atoms with E-state index in [1.165, 1.54) is 19.3 Å². The fraction of sp³-hybridized carbons (Fsp3) is 0.611. The third-order valence-electron chi connectivity index (χ3n) is 4.87. The Labute approximate surface area is 164 Å². The topological polar surface area (TPSA) is 73.6 Å². The predicted octanol–water partition coefficient (Wildman–Crippen LogP) is 3.80. The third-order valence-corrected chi connectivity index (χ3v) is 5.45. The molecule has 0 unspecified atom stereocenters. The van der Waals surface area contributed by atoms with Crippen molar-refractivity contribution in [2.45, 2.75) is 45.1 Å². The molecule has 0 atom stereocenters. The van der Waals surface area contributed by atoms with Gasteiger partial charge in [-0.05, 0) is 58.4 Å². The summed E-state index contributed by atoms with van der Waals surface area (Å²) in [5, 5.41) is 3.01. The maximum Gasteiger partial charge on any atom is 0.220 e. The molecule has 0 spiro atoms. The molecule has 5 nitrogen and oxygen atoms in total. The van der Waals surface area contributed by atoms with E-state index in [2.05, 4.69) is 21.2 Å². The lowest BCUT2D eigenvalue weighted by Gasteiger charge is -2.35. The van der Waals surface area contributed by atoms with Crippen molar-refractivity contribution in [2.24, 2.45) is 11.1 Å². The monoisotopic (exact) mass is 434 g/mol. The van der Waals surface area contributed by atoms with Crippen LogP contribution in [0, 0.1) is 5.41 Å². The van der Waals surface area contributed by atoms with Gasteiger partial charge >= 0.3 is 0 Å². The van der Waals surface area contributed by atoms with Crippen molar-refractivity contribution in [3.63, 3.8) is 0 Å². The summed E-state index contributed by atoms with van der Waals surface area (Å²) in [6, 6.07) is 3.81. The SMILES string of the molecule is COc1cc(CNC(=O)CC2(CN)CCCCC2)cc(Br)c1OC.Cl. The first-order valence-corrected chi connectivity index (χ1v) is 9.20. The lowest BCUT2D eigenvalue weighted by atomic mass is 9.71. The van der Waals surface area contributed by atoms with Crippen LogP contribution in [-0.2, 0) is 11.3 Å². The molecule has 0 aromatic heterocycles. The van der Waals surface area contributed by atoms with Crippen molar-refractivity contribution in [3.8, 4) is 11.5 Å².